The second-order valence-corrected chi connectivity index (χ2v) is 12.2. The first-order chi connectivity index (χ1) is 19.6. The van der Waals surface area contributed by atoms with Gasteiger partial charge in [-0.2, -0.15) is 5.06 Å². The normalized spacial score (nSPS) is 34.0. The third-order valence-electron chi connectivity index (χ3n) is 9.39. The zero-order valence-electron chi connectivity index (χ0n) is 25.3. The fraction of sp³-hybridized carbons (Fsp3) is 0.606. The number of benzene rings is 2. The number of hydrogen-bond donors (Lipinski definition) is 0. The van der Waals surface area contributed by atoms with Gasteiger partial charge in [0.2, 0.25) is 0 Å². The number of hydroxylamine groups is 2. The summed E-state index contributed by atoms with van der Waals surface area (Å²) in [6.07, 6.45) is 2.07. The molecule has 3 aliphatic rings. The number of rotatable bonds is 11. The van der Waals surface area contributed by atoms with Gasteiger partial charge in [0.15, 0.2) is 5.79 Å². The molecule has 2 aromatic rings. The summed E-state index contributed by atoms with van der Waals surface area (Å²) < 4.78 is 29.8. The van der Waals surface area contributed by atoms with Gasteiger partial charge in [0, 0.05) is 17.9 Å². The lowest BCUT2D eigenvalue weighted by Gasteiger charge is -2.62. The number of ether oxygens (including phenoxy) is 5. The molecule has 8 heteroatoms. The summed E-state index contributed by atoms with van der Waals surface area (Å²) in [5, 5.41) is 2.23. The molecule has 0 bridgehead atoms. The van der Waals surface area contributed by atoms with Gasteiger partial charge in [0.25, 0.3) is 0 Å². The number of carbonyl (C=O) groups excluding carboxylic acids is 1. The first-order valence-electron chi connectivity index (χ1n) is 15.0. The Labute approximate surface area is 244 Å². The van der Waals surface area contributed by atoms with Gasteiger partial charge in [0.05, 0.1) is 24.3 Å². The number of epoxide rings is 1. The maximum absolute atomic E-state index is 12.5. The average molecular weight is 568 g/mol. The van der Waals surface area contributed by atoms with Crippen molar-refractivity contribution in [3.8, 4) is 5.75 Å². The third-order valence-corrected chi connectivity index (χ3v) is 9.39. The van der Waals surface area contributed by atoms with Gasteiger partial charge in [-0.1, -0.05) is 51.1 Å². The van der Waals surface area contributed by atoms with E-state index >= 15 is 0 Å². The smallest absolute Gasteiger partial charge is 0.338 e. The van der Waals surface area contributed by atoms with Crippen LogP contribution in [-0.4, -0.2) is 66.5 Å². The van der Waals surface area contributed by atoms with Crippen LogP contribution in [0.15, 0.2) is 54.6 Å². The lowest BCUT2D eigenvalue weighted by molar-refractivity contribution is -0.380. The molecule has 7 unspecified atom stereocenters. The van der Waals surface area contributed by atoms with E-state index in [2.05, 4.69) is 58.7 Å². The van der Waals surface area contributed by atoms with Gasteiger partial charge in [-0.3, -0.25) is 4.84 Å². The predicted molar refractivity (Wildman–Crippen MR) is 154 cm³/mol. The van der Waals surface area contributed by atoms with Crippen molar-refractivity contribution in [3.05, 3.63) is 65.7 Å². The predicted octanol–water partition coefficient (Wildman–Crippen LogP) is 6.10. The van der Waals surface area contributed by atoms with E-state index in [0.717, 1.165) is 30.8 Å². The molecule has 5 rings (SSSR count). The van der Waals surface area contributed by atoms with Crippen molar-refractivity contribution in [1.29, 1.82) is 0 Å². The summed E-state index contributed by atoms with van der Waals surface area (Å²) in [6, 6.07) is 17.2. The van der Waals surface area contributed by atoms with Crippen molar-refractivity contribution < 1.29 is 33.3 Å². The van der Waals surface area contributed by atoms with Crippen LogP contribution in [0, 0.1) is 5.92 Å². The van der Waals surface area contributed by atoms with Crippen molar-refractivity contribution in [3.63, 3.8) is 0 Å². The lowest BCUT2D eigenvalue weighted by Crippen LogP contribution is -2.71. The highest BCUT2D eigenvalue weighted by molar-refractivity contribution is 5.89. The Balaban J connectivity index is 1.27. The van der Waals surface area contributed by atoms with Gasteiger partial charge < -0.3 is 23.7 Å². The van der Waals surface area contributed by atoms with E-state index in [1.165, 1.54) is 0 Å². The number of esters is 1. The van der Waals surface area contributed by atoms with Crippen LogP contribution >= 0.6 is 0 Å². The average Bonchev–Trinajstić information content (AvgIpc) is 3.75. The molecular weight excluding hydrogens is 522 g/mol. The van der Waals surface area contributed by atoms with Crippen LogP contribution in [0.4, 0.5) is 0 Å². The Bertz CT molecular complexity index is 1170. The van der Waals surface area contributed by atoms with Crippen LogP contribution in [0.2, 0.25) is 0 Å². The van der Waals surface area contributed by atoms with E-state index in [-0.39, 0.29) is 47.9 Å². The number of piperidine rings is 1. The van der Waals surface area contributed by atoms with Crippen LogP contribution in [0.25, 0.3) is 0 Å². The summed E-state index contributed by atoms with van der Waals surface area (Å²) in [5.74, 6) is -0.329. The van der Waals surface area contributed by atoms with Crippen molar-refractivity contribution in [2.45, 2.75) is 96.0 Å². The minimum absolute atomic E-state index is 0.0120. The minimum Gasteiger partial charge on any atom is -0.491 e. The summed E-state index contributed by atoms with van der Waals surface area (Å²) in [7, 11) is 0. The van der Waals surface area contributed by atoms with Crippen LogP contribution in [0.5, 0.6) is 5.75 Å². The van der Waals surface area contributed by atoms with Crippen LogP contribution in [-0.2, 0) is 23.8 Å². The SMILES string of the molecule is CCC1(C)CC2(OCC(COC(=O)c3ccccc3)O2)C(C)C(C)(CC)N1OC(C)c1ccc(OCC2CO2)cc1. The van der Waals surface area contributed by atoms with Crippen LogP contribution < -0.4 is 4.74 Å². The highest BCUT2D eigenvalue weighted by Crippen LogP contribution is 2.55. The largest absolute Gasteiger partial charge is 0.491 e. The van der Waals surface area contributed by atoms with Gasteiger partial charge >= 0.3 is 5.97 Å². The first-order valence-corrected chi connectivity index (χ1v) is 15.0. The summed E-state index contributed by atoms with van der Waals surface area (Å²) in [6.45, 7) is 15.0. The molecule has 7 atom stereocenters. The van der Waals surface area contributed by atoms with E-state index in [1.807, 2.05) is 30.3 Å². The van der Waals surface area contributed by atoms with E-state index in [4.69, 9.17) is 28.5 Å². The molecule has 1 spiro atoms. The molecule has 0 saturated carbocycles. The molecule has 0 aromatic heterocycles. The Morgan fingerprint density at radius 1 is 1.00 bits per heavy atom. The van der Waals surface area contributed by atoms with E-state index in [9.17, 15) is 4.79 Å². The van der Waals surface area contributed by atoms with Gasteiger partial charge in [-0.25, -0.2) is 4.79 Å². The Morgan fingerprint density at radius 3 is 2.34 bits per heavy atom. The van der Waals surface area contributed by atoms with E-state index in [1.54, 1.807) is 12.1 Å². The molecule has 2 aromatic carbocycles. The molecule has 0 N–H and O–H groups in total. The Kier molecular flexibility index (Phi) is 8.79. The first kappa shape index (κ1) is 30.0. The summed E-state index contributed by atoms with van der Waals surface area (Å²) >= 11 is 0. The highest BCUT2D eigenvalue weighted by Gasteiger charge is 2.64. The lowest BCUT2D eigenvalue weighted by atomic mass is 9.67. The molecule has 3 aliphatic heterocycles. The van der Waals surface area contributed by atoms with E-state index in [0.29, 0.717) is 25.2 Å². The van der Waals surface area contributed by atoms with Crippen molar-refractivity contribution in [2.75, 3.05) is 26.4 Å². The van der Waals surface area contributed by atoms with E-state index < -0.39 is 5.79 Å². The molecule has 0 aliphatic carbocycles. The Hall–Kier alpha value is -2.49. The second-order valence-electron chi connectivity index (χ2n) is 12.2. The van der Waals surface area contributed by atoms with Gasteiger partial charge in [-0.15, -0.1) is 0 Å². The fourth-order valence-corrected chi connectivity index (χ4v) is 6.21. The topological polar surface area (TPSA) is 79.0 Å². The maximum atomic E-state index is 12.5. The molecule has 3 fully saturated rings. The van der Waals surface area contributed by atoms with Gasteiger partial charge in [0.1, 0.15) is 37.3 Å². The Morgan fingerprint density at radius 2 is 1.71 bits per heavy atom. The summed E-state index contributed by atoms with van der Waals surface area (Å²) in [4.78, 5) is 19.4. The molecule has 0 amide bonds. The monoisotopic (exact) mass is 567 g/mol. The molecule has 8 nitrogen and oxygen atoms in total. The third kappa shape index (κ3) is 6.18. The fourth-order valence-electron chi connectivity index (χ4n) is 6.21. The molecule has 41 heavy (non-hydrogen) atoms. The van der Waals surface area contributed by atoms with Crippen molar-refractivity contribution in [2.24, 2.45) is 5.92 Å². The molecule has 3 heterocycles. The van der Waals surface area contributed by atoms with Crippen LogP contribution in [0.1, 0.15) is 82.8 Å². The van der Waals surface area contributed by atoms with Crippen molar-refractivity contribution in [1.82, 2.24) is 5.06 Å². The molecule has 3 saturated heterocycles. The summed E-state index contributed by atoms with van der Waals surface area (Å²) in [5.41, 5.74) is 0.883. The quantitative estimate of drug-likeness (QED) is 0.238. The van der Waals surface area contributed by atoms with Crippen molar-refractivity contribution >= 4 is 5.97 Å². The molecule has 0 radical (unpaired) electrons. The minimum atomic E-state index is -0.799. The zero-order chi connectivity index (χ0) is 29.3. The number of hydrogen-bond acceptors (Lipinski definition) is 8. The molecule has 224 valence electrons. The standard InChI is InChI=1S/C33H45NO7/c1-7-31(5)22-33(39-21-29(40-33)20-38-30(35)26-12-10-9-11-13-26)24(4)32(6,8-2)34(31)41-23(3)25-14-16-27(17-15-25)36-18-28-19-37-28/h9-17,23-24,28-29H,7-8,18-22H2,1-6H3. The number of nitrogens with zero attached hydrogens (tertiary/aromatic N) is 1. The zero-order valence-corrected chi connectivity index (χ0v) is 25.3. The number of carbonyl (C=O) groups is 1. The highest BCUT2D eigenvalue weighted by atomic mass is 16.8. The van der Waals surface area contributed by atoms with Gasteiger partial charge in [-0.05, 0) is 63.4 Å². The van der Waals surface area contributed by atoms with Crippen LogP contribution in [0.3, 0.4) is 0 Å². The molecular formula is C33H45NO7. The second kappa shape index (κ2) is 12.0. The maximum Gasteiger partial charge on any atom is 0.338 e.